The lowest BCUT2D eigenvalue weighted by Gasteiger charge is -2.24. The highest BCUT2D eigenvalue weighted by molar-refractivity contribution is 5.92. The first-order chi connectivity index (χ1) is 11.1. The van der Waals surface area contributed by atoms with Crippen LogP contribution in [-0.2, 0) is 0 Å². The zero-order valence-electron chi connectivity index (χ0n) is 12.5. The molecule has 2 heterocycles. The van der Waals surface area contributed by atoms with Crippen molar-refractivity contribution < 1.29 is 19.0 Å². The maximum Gasteiger partial charge on any atom is 0.274 e. The van der Waals surface area contributed by atoms with Gasteiger partial charge in [0.2, 0.25) is 5.88 Å². The number of ether oxygens (including phenoxy) is 1. The first-order valence-corrected chi connectivity index (χ1v) is 7.20. The van der Waals surface area contributed by atoms with E-state index in [1.807, 2.05) is 0 Å². The van der Waals surface area contributed by atoms with E-state index in [-0.39, 0.29) is 30.0 Å². The van der Waals surface area contributed by atoms with Crippen LogP contribution in [0.5, 0.6) is 5.88 Å². The second-order valence-electron chi connectivity index (χ2n) is 5.38. The highest BCUT2D eigenvalue weighted by atomic mass is 19.1. The van der Waals surface area contributed by atoms with Gasteiger partial charge in [-0.1, -0.05) is 12.1 Å². The summed E-state index contributed by atoms with van der Waals surface area (Å²) >= 11 is 0. The molecule has 0 bridgehead atoms. The molecule has 23 heavy (non-hydrogen) atoms. The Kier molecular flexibility index (Phi) is 4.20. The Balaban J connectivity index is 1.86. The molecule has 6 nitrogen and oxygen atoms in total. The Morgan fingerprint density at radius 1 is 1.26 bits per heavy atom. The van der Waals surface area contributed by atoms with Crippen LogP contribution in [0.1, 0.15) is 28.5 Å². The summed E-state index contributed by atoms with van der Waals surface area (Å²) in [5.74, 6) is -0.352. The molecule has 3 rings (SSSR count). The van der Waals surface area contributed by atoms with Gasteiger partial charge in [-0.3, -0.25) is 4.79 Å². The average molecular weight is 317 g/mol. The van der Waals surface area contributed by atoms with Crippen molar-refractivity contribution in [1.29, 1.82) is 0 Å². The molecule has 7 heteroatoms. The van der Waals surface area contributed by atoms with Gasteiger partial charge >= 0.3 is 0 Å². The van der Waals surface area contributed by atoms with Gasteiger partial charge in [-0.05, 0) is 30.2 Å². The Bertz CT molecular complexity index is 691. The summed E-state index contributed by atoms with van der Waals surface area (Å²) < 4.78 is 18.0. The number of halogens is 1. The lowest BCUT2D eigenvalue weighted by Crippen LogP contribution is -2.32. The predicted octanol–water partition coefficient (Wildman–Crippen LogP) is 1.57. The molecule has 0 saturated carbocycles. The van der Waals surface area contributed by atoms with E-state index in [4.69, 9.17) is 4.74 Å². The third kappa shape index (κ3) is 3.14. The molecule has 1 aliphatic heterocycles. The standard InChI is InChI=1S/C16H16FN3O3/c1-23-15-7-6-13(18-19-15)16(22)20-9-12(21)8-14(20)10-2-4-11(17)5-3-10/h2-7,12,14,21H,8-9H2,1H3/t12-,14-/m1/s1. The minimum atomic E-state index is -0.625. The number of methoxy groups -OCH3 is 1. The predicted molar refractivity (Wildman–Crippen MR) is 79.4 cm³/mol. The zero-order valence-corrected chi connectivity index (χ0v) is 12.5. The Hall–Kier alpha value is -2.54. The molecular formula is C16H16FN3O3. The number of benzene rings is 1. The molecule has 0 aliphatic carbocycles. The minimum Gasteiger partial charge on any atom is -0.480 e. The van der Waals surface area contributed by atoms with Gasteiger partial charge in [-0.15, -0.1) is 10.2 Å². The second kappa shape index (κ2) is 6.29. The van der Waals surface area contributed by atoms with E-state index >= 15 is 0 Å². The number of β-amino-alcohol motifs (C(OH)–C–C–N with tert-alkyl or cyclic N) is 1. The zero-order chi connectivity index (χ0) is 16.4. The van der Waals surface area contributed by atoms with Crippen LogP contribution < -0.4 is 4.74 Å². The molecule has 1 N–H and O–H groups in total. The van der Waals surface area contributed by atoms with E-state index < -0.39 is 6.10 Å². The number of nitrogens with zero attached hydrogens (tertiary/aromatic N) is 3. The molecule has 0 radical (unpaired) electrons. The molecule has 1 aliphatic rings. The molecule has 1 fully saturated rings. The van der Waals surface area contributed by atoms with Crippen molar-refractivity contribution in [2.75, 3.05) is 13.7 Å². The largest absolute Gasteiger partial charge is 0.480 e. The third-order valence-electron chi connectivity index (χ3n) is 3.86. The SMILES string of the molecule is COc1ccc(C(=O)N2C[C@H](O)C[C@@H]2c2ccc(F)cc2)nn1. The van der Waals surface area contributed by atoms with Crippen molar-refractivity contribution >= 4 is 5.91 Å². The van der Waals surface area contributed by atoms with Crippen LogP contribution in [0.3, 0.4) is 0 Å². The number of aliphatic hydroxyl groups excluding tert-OH is 1. The van der Waals surface area contributed by atoms with Crippen LogP contribution in [0.15, 0.2) is 36.4 Å². The van der Waals surface area contributed by atoms with Gasteiger partial charge in [0, 0.05) is 12.6 Å². The number of rotatable bonds is 3. The first-order valence-electron chi connectivity index (χ1n) is 7.20. The van der Waals surface area contributed by atoms with Gasteiger partial charge in [-0.25, -0.2) is 4.39 Å². The van der Waals surface area contributed by atoms with E-state index in [0.29, 0.717) is 12.3 Å². The fourth-order valence-corrected chi connectivity index (χ4v) is 2.73. The van der Waals surface area contributed by atoms with Crippen LogP contribution in [0, 0.1) is 5.82 Å². The maximum absolute atomic E-state index is 13.1. The lowest BCUT2D eigenvalue weighted by atomic mass is 10.0. The molecule has 1 amide bonds. The normalized spacial score (nSPS) is 20.6. The smallest absolute Gasteiger partial charge is 0.274 e. The number of carbonyl (C=O) groups is 1. The molecule has 1 saturated heterocycles. The van der Waals surface area contributed by atoms with Gasteiger partial charge < -0.3 is 14.7 Å². The van der Waals surface area contributed by atoms with Gasteiger partial charge in [0.15, 0.2) is 5.69 Å². The van der Waals surface area contributed by atoms with Crippen LogP contribution in [0.4, 0.5) is 4.39 Å². The number of aromatic nitrogens is 2. The third-order valence-corrected chi connectivity index (χ3v) is 3.86. The van der Waals surface area contributed by atoms with Crippen molar-refractivity contribution in [1.82, 2.24) is 15.1 Å². The van der Waals surface area contributed by atoms with Gasteiger partial charge in [-0.2, -0.15) is 0 Å². The highest BCUT2D eigenvalue weighted by Gasteiger charge is 2.36. The summed E-state index contributed by atoms with van der Waals surface area (Å²) in [5.41, 5.74) is 0.949. The number of aliphatic hydroxyl groups is 1. The summed E-state index contributed by atoms with van der Waals surface area (Å²) in [4.78, 5) is 14.2. The Morgan fingerprint density at radius 2 is 2.00 bits per heavy atom. The quantitative estimate of drug-likeness (QED) is 0.930. The van der Waals surface area contributed by atoms with Crippen LogP contribution >= 0.6 is 0 Å². The molecule has 2 atom stereocenters. The van der Waals surface area contributed by atoms with Crippen LogP contribution in [0.2, 0.25) is 0 Å². The average Bonchev–Trinajstić information content (AvgIpc) is 2.97. The van der Waals surface area contributed by atoms with E-state index in [0.717, 1.165) is 5.56 Å². The fraction of sp³-hybridized carbons (Fsp3) is 0.312. The molecule has 0 spiro atoms. The van der Waals surface area contributed by atoms with E-state index in [9.17, 15) is 14.3 Å². The summed E-state index contributed by atoms with van der Waals surface area (Å²) in [6.45, 7) is 0.203. The Labute approximate surface area is 132 Å². The number of hydrogen-bond donors (Lipinski definition) is 1. The van der Waals surface area contributed by atoms with E-state index in [1.54, 1.807) is 18.2 Å². The molecule has 1 aromatic heterocycles. The van der Waals surface area contributed by atoms with E-state index in [1.165, 1.54) is 30.2 Å². The second-order valence-corrected chi connectivity index (χ2v) is 5.38. The highest BCUT2D eigenvalue weighted by Crippen LogP contribution is 2.33. The molecule has 0 unspecified atom stereocenters. The monoisotopic (exact) mass is 317 g/mol. The van der Waals surface area contributed by atoms with Crippen molar-refractivity contribution in [3.05, 3.63) is 53.5 Å². The van der Waals surface area contributed by atoms with E-state index in [2.05, 4.69) is 10.2 Å². The van der Waals surface area contributed by atoms with Crippen molar-refractivity contribution in [2.45, 2.75) is 18.6 Å². The van der Waals surface area contributed by atoms with Crippen molar-refractivity contribution in [3.8, 4) is 5.88 Å². The Morgan fingerprint density at radius 3 is 2.61 bits per heavy atom. The number of carbonyl (C=O) groups excluding carboxylic acids is 1. The van der Waals surface area contributed by atoms with Crippen LogP contribution in [-0.4, -0.2) is 45.9 Å². The van der Waals surface area contributed by atoms with Crippen molar-refractivity contribution in [2.24, 2.45) is 0 Å². The molecule has 2 aromatic rings. The van der Waals surface area contributed by atoms with Crippen molar-refractivity contribution in [3.63, 3.8) is 0 Å². The fourth-order valence-electron chi connectivity index (χ4n) is 2.73. The topological polar surface area (TPSA) is 75.5 Å². The molecule has 1 aromatic carbocycles. The molecular weight excluding hydrogens is 301 g/mol. The number of likely N-dealkylation sites (tertiary alicyclic amines) is 1. The molecule has 120 valence electrons. The summed E-state index contributed by atoms with van der Waals surface area (Å²) in [7, 11) is 1.47. The summed E-state index contributed by atoms with van der Waals surface area (Å²) in [6, 6.07) is 8.70. The number of hydrogen-bond acceptors (Lipinski definition) is 5. The lowest BCUT2D eigenvalue weighted by molar-refractivity contribution is 0.0708. The van der Waals surface area contributed by atoms with Gasteiger partial charge in [0.1, 0.15) is 5.82 Å². The van der Waals surface area contributed by atoms with Gasteiger partial charge in [0.05, 0.1) is 19.3 Å². The maximum atomic E-state index is 13.1. The van der Waals surface area contributed by atoms with Crippen LogP contribution in [0.25, 0.3) is 0 Å². The van der Waals surface area contributed by atoms with Gasteiger partial charge in [0.25, 0.3) is 5.91 Å². The first kappa shape index (κ1) is 15.4. The summed E-state index contributed by atoms with van der Waals surface area (Å²) in [5, 5.41) is 17.6. The minimum absolute atomic E-state index is 0.173. The summed E-state index contributed by atoms with van der Waals surface area (Å²) in [6.07, 6.45) is -0.221. The number of amides is 1.